The van der Waals surface area contributed by atoms with Gasteiger partial charge in [0, 0.05) is 12.1 Å². The quantitative estimate of drug-likeness (QED) is 0.531. The van der Waals surface area contributed by atoms with E-state index in [0.29, 0.717) is 12.4 Å². The molecule has 29 heavy (non-hydrogen) atoms. The minimum atomic E-state index is -3.80. The number of rotatable bonds is 8. The molecule has 1 heterocycles. The average Bonchev–Trinajstić information content (AvgIpc) is 3.17. The van der Waals surface area contributed by atoms with Gasteiger partial charge in [-0.1, -0.05) is 66.7 Å². The number of nitrogens with zero attached hydrogens (tertiary/aromatic N) is 1. The summed E-state index contributed by atoms with van der Waals surface area (Å²) in [5.41, 5.74) is 1.88. The van der Waals surface area contributed by atoms with Crippen LogP contribution < -0.4 is 5.32 Å². The van der Waals surface area contributed by atoms with Crippen LogP contribution >= 0.6 is 11.8 Å². The lowest BCUT2D eigenvalue weighted by Crippen LogP contribution is -2.25. The van der Waals surface area contributed by atoms with E-state index in [4.69, 9.17) is 0 Å². The first-order valence-corrected chi connectivity index (χ1v) is 11.8. The lowest BCUT2D eigenvalue weighted by molar-refractivity contribution is -0.118. The molecule has 0 fully saturated rings. The van der Waals surface area contributed by atoms with Gasteiger partial charge in [-0.05, 0) is 25.5 Å². The van der Waals surface area contributed by atoms with Gasteiger partial charge in [-0.2, -0.15) is 0 Å². The van der Waals surface area contributed by atoms with Crippen molar-refractivity contribution >= 4 is 27.5 Å². The van der Waals surface area contributed by atoms with Crippen molar-refractivity contribution in [3.63, 3.8) is 0 Å². The van der Waals surface area contributed by atoms with Crippen LogP contribution in [0.1, 0.15) is 18.9 Å². The maximum absolute atomic E-state index is 13.2. The van der Waals surface area contributed by atoms with E-state index in [-0.39, 0.29) is 26.6 Å². The number of hydrogen-bond donors (Lipinski definition) is 2. The molecule has 0 atom stereocenters. The first kappa shape index (κ1) is 21.1. The van der Waals surface area contributed by atoms with Gasteiger partial charge < -0.3 is 10.3 Å². The second kappa shape index (κ2) is 9.28. The first-order valence-electron chi connectivity index (χ1n) is 9.28. The summed E-state index contributed by atoms with van der Waals surface area (Å²) in [6.45, 7) is 4.54. The van der Waals surface area contributed by atoms with E-state index in [1.54, 1.807) is 30.3 Å². The number of hydrogen-bond acceptors (Lipinski definition) is 5. The number of carbonyl (C=O) groups is 1. The summed E-state index contributed by atoms with van der Waals surface area (Å²) in [6, 6.07) is 15.9. The van der Waals surface area contributed by atoms with Crippen molar-refractivity contribution in [1.82, 2.24) is 15.3 Å². The number of amides is 1. The minimum Gasteiger partial charge on any atom is -0.355 e. The number of benzene rings is 2. The van der Waals surface area contributed by atoms with E-state index in [1.807, 2.05) is 38.1 Å². The van der Waals surface area contributed by atoms with Crippen LogP contribution in [-0.4, -0.2) is 36.6 Å². The number of nitrogens with one attached hydrogen (secondary N) is 2. The molecule has 2 N–H and O–H groups in total. The molecule has 152 valence electrons. The fourth-order valence-corrected chi connectivity index (χ4v) is 5.11. The molecule has 0 bridgehead atoms. The van der Waals surface area contributed by atoms with Crippen molar-refractivity contribution in [3.8, 4) is 11.4 Å². The molecule has 0 aliphatic carbocycles. The highest BCUT2D eigenvalue weighted by Crippen LogP contribution is 2.32. The van der Waals surface area contributed by atoms with Crippen LogP contribution in [0.2, 0.25) is 0 Å². The molecule has 0 spiro atoms. The molecule has 0 saturated heterocycles. The van der Waals surface area contributed by atoms with Crippen molar-refractivity contribution in [2.75, 3.05) is 12.3 Å². The van der Waals surface area contributed by atoms with Crippen molar-refractivity contribution in [2.45, 2.75) is 35.2 Å². The average molecular weight is 430 g/mol. The number of carbonyl (C=O) groups excluding carboxylic acids is 1. The predicted molar refractivity (Wildman–Crippen MR) is 115 cm³/mol. The number of thioether (sulfide) groups is 1. The Hall–Kier alpha value is -2.58. The van der Waals surface area contributed by atoms with E-state index >= 15 is 0 Å². The van der Waals surface area contributed by atoms with Gasteiger partial charge in [-0.3, -0.25) is 4.79 Å². The van der Waals surface area contributed by atoms with E-state index in [0.717, 1.165) is 29.3 Å². The number of imidazole rings is 1. The zero-order valence-corrected chi connectivity index (χ0v) is 17.9. The number of aromatic nitrogens is 2. The maximum Gasteiger partial charge on any atom is 0.230 e. The van der Waals surface area contributed by atoms with Crippen molar-refractivity contribution < 1.29 is 13.2 Å². The Bertz CT molecular complexity index is 1080. The molecule has 0 radical (unpaired) electrons. The Balaban J connectivity index is 1.98. The van der Waals surface area contributed by atoms with E-state index < -0.39 is 9.84 Å². The number of aryl methyl sites for hydroxylation is 1. The highest BCUT2D eigenvalue weighted by Gasteiger charge is 2.26. The van der Waals surface area contributed by atoms with Gasteiger partial charge in [0.15, 0.2) is 5.03 Å². The SMILES string of the molecule is CCCNC(=O)CSc1nc(-c2ccc(C)cc2)[nH]c1S(=O)(=O)c1ccccc1. The molecule has 0 saturated carbocycles. The summed E-state index contributed by atoms with van der Waals surface area (Å²) in [5.74, 6) is 0.394. The third-order valence-corrected chi connectivity index (χ3v) is 7.03. The highest BCUT2D eigenvalue weighted by molar-refractivity contribution is 8.00. The van der Waals surface area contributed by atoms with Crippen molar-refractivity contribution in [1.29, 1.82) is 0 Å². The van der Waals surface area contributed by atoms with Gasteiger partial charge in [0.1, 0.15) is 10.9 Å². The summed E-state index contributed by atoms with van der Waals surface area (Å²) in [7, 11) is -3.80. The number of H-pyrrole nitrogens is 1. The molecule has 8 heteroatoms. The van der Waals surface area contributed by atoms with E-state index in [2.05, 4.69) is 15.3 Å². The van der Waals surface area contributed by atoms with Gasteiger partial charge in [0.05, 0.1) is 10.6 Å². The Kier molecular flexibility index (Phi) is 6.76. The zero-order chi connectivity index (χ0) is 20.9. The largest absolute Gasteiger partial charge is 0.355 e. The molecular weight excluding hydrogens is 406 g/mol. The monoisotopic (exact) mass is 429 g/mol. The molecule has 1 aromatic heterocycles. The van der Waals surface area contributed by atoms with Crippen LogP contribution in [0.15, 0.2) is 69.5 Å². The maximum atomic E-state index is 13.2. The number of aromatic amines is 1. The summed E-state index contributed by atoms with van der Waals surface area (Å²) in [5, 5.41) is 3.09. The third-order valence-electron chi connectivity index (χ3n) is 4.20. The molecular formula is C21H23N3O3S2. The second-order valence-corrected chi connectivity index (χ2v) is 9.39. The van der Waals surface area contributed by atoms with Gasteiger partial charge in [-0.25, -0.2) is 13.4 Å². The van der Waals surface area contributed by atoms with E-state index in [9.17, 15) is 13.2 Å². The topological polar surface area (TPSA) is 91.9 Å². The molecule has 0 unspecified atom stereocenters. The van der Waals surface area contributed by atoms with Crippen LogP contribution in [0.4, 0.5) is 0 Å². The van der Waals surface area contributed by atoms with Crippen LogP contribution in [-0.2, 0) is 14.6 Å². The number of sulfone groups is 1. The lowest BCUT2D eigenvalue weighted by atomic mass is 10.1. The first-order chi connectivity index (χ1) is 13.9. The molecule has 6 nitrogen and oxygen atoms in total. The molecule has 3 rings (SSSR count). The van der Waals surface area contributed by atoms with Crippen molar-refractivity contribution in [3.05, 3.63) is 60.2 Å². The standard InChI is InChI=1S/C21H23N3O3S2/c1-3-13-22-18(25)14-28-20-21(29(26,27)17-7-5-4-6-8-17)24-19(23-20)16-11-9-15(2)10-12-16/h4-12H,3,13-14H2,1-2H3,(H,22,25)(H,23,24). The molecule has 3 aromatic rings. The van der Waals surface area contributed by atoms with Gasteiger partial charge in [0.2, 0.25) is 15.7 Å². The predicted octanol–water partition coefficient (Wildman–Crippen LogP) is 3.84. The van der Waals surface area contributed by atoms with Gasteiger partial charge >= 0.3 is 0 Å². The fourth-order valence-electron chi connectivity index (χ4n) is 2.64. The summed E-state index contributed by atoms with van der Waals surface area (Å²) < 4.78 is 26.4. The zero-order valence-electron chi connectivity index (χ0n) is 16.3. The molecule has 2 aromatic carbocycles. The van der Waals surface area contributed by atoms with Gasteiger partial charge in [0.25, 0.3) is 0 Å². The Labute approximate surface area is 175 Å². The Morgan fingerprint density at radius 3 is 2.45 bits per heavy atom. The fraction of sp³-hybridized carbons (Fsp3) is 0.238. The van der Waals surface area contributed by atoms with Crippen LogP contribution in [0.5, 0.6) is 0 Å². The van der Waals surface area contributed by atoms with Crippen LogP contribution in [0.25, 0.3) is 11.4 Å². The van der Waals surface area contributed by atoms with E-state index in [1.165, 1.54) is 0 Å². The third kappa shape index (κ3) is 5.07. The smallest absolute Gasteiger partial charge is 0.230 e. The van der Waals surface area contributed by atoms with Crippen LogP contribution in [0.3, 0.4) is 0 Å². The Morgan fingerprint density at radius 2 is 1.79 bits per heavy atom. The highest BCUT2D eigenvalue weighted by atomic mass is 32.2. The summed E-state index contributed by atoms with van der Waals surface area (Å²) in [6.07, 6.45) is 0.837. The van der Waals surface area contributed by atoms with Crippen molar-refractivity contribution in [2.24, 2.45) is 0 Å². The molecule has 0 aliphatic rings. The molecule has 1 amide bonds. The summed E-state index contributed by atoms with van der Waals surface area (Å²) in [4.78, 5) is 19.7. The van der Waals surface area contributed by atoms with Crippen LogP contribution in [0, 0.1) is 6.92 Å². The minimum absolute atomic E-state index is 0.00701. The van der Waals surface area contributed by atoms with Gasteiger partial charge in [-0.15, -0.1) is 0 Å². The summed E-state index contributed by atoms with van der Waals surface area (Å²) >= 11 is 1.11. The lowest BCUT2D eigenvalue weighted by Gasteiger charge is -2.05. The molecule has 0 aliphatic heterocycles. The Morgan fingerprint density at radius 1 is 1.10 bits per heavy atom. The normalized spacial score (nSPS) is 11.4. The second-order valence-electron chi connectivity index (χ2n) is 6.54.